The van der Waals surface area contributed by atoms with Gasteiger partial charge in [0, 0.05) is 11.3 Å². The minimum Gasteiger partial charge on any atom is -0.305 e. The maximum Gasteiger partial charge on any atom is 0.226 e. The average Bonchev–Trinajstić information content (AvgIpc) is 3.00. The molecular weight excluding hydrogens is 300 g/mol. The monoisotopic (exact) mass is 318 g/mol. The number of thiophene rings is 1. The molecule has 2 aromatic rings. The van der Waals surface area contributed by atoms with Crippen molar-refractivity contribution in [2.24, 2.45) is 4.99 Å². The first-order chi connectivity index (χ1) is 10.3. The van der Waals surface area contributed by atoms with E-state index in [-0.39, 0.29) is 5.91 Å². The molecule has 3 nitrogen and oxygen atoms in total. The highest BCUT2D eigenvalue weighted by Crippen LogP contribution is 2.14. The van der Waals surface area contributed by atoms with Crippen molar-refractivity contribution in [3.63, 3.8) is 0 Å². The van der Waals surface area contributed by atoms with E-state index in [9.17, 15) is 4.79 Å². The Hall–Kier alpha value is -1.59. The van der Waals surface area contributed by atoms with E-state index < -0.39 is 0 Å². The summed E-state index contributed by atoms with van der Waals surface area (Å²) < 4.78 is 0. The largest absolute Gasteiger partial charge is 0.305 e. The molecule has 0 saturated carbocycles. The van der Waals surface area contributed by atoms with Crippen LogP contribution in [0.3, 0.4) is 0 Å². The lowest BCUT2D eigenvalue weighted by Gasteiger charge is -2.07. The number of amidine groups is 1. The molecular formula is C16H18N2OS2. The Labute approximate surface area is 133 Å². The summed E-state index contributed by atoms with van der Waals surface area (Å²) in [6, 6.07) is 13.7. The van der Waals surface area contributed by atoms with Gasteiger partial charge in [0.2, 0.25) is 5.91 Å². The van der Waals surface area contributed by atoms with E-state index in [1.54, 1.807) is 23.1 Å². The summed E-state index contributed by atoms with van der Waals surface area (Å²) in [6.07, 6.45) is 1.26. The van der Waals surface area contributed by atoms with Gasteiger partial charge in [0.25, 0.3) is 0 Å². The van der Waals surface area contributed by atoms with Crippen LogP contribution in [0.1, 0.15) is 18.2 Å². The van der Waals surface area contributed by atoms with Gasteiger partial charge in [0.15, 0.2) is 5.17 Å². The van der Waals surface area contributed by atoms with Crippen molar-refractivity contribution in [1.82, 2.24) is 5.32 Å². The molecule has 2 rings (SSSR count). The van der Waals surface area contributed by atoms with Crippen molar-refractivity contribution >= 4 is 39.9 Å². The van der Waals surface area contributed by atoms with Crippen LogP contribution in [0.5, 0.6) is 0 Å². The van der Waals surface area contributed by atoms with Crippen molar-refractivity contribution in [2.45, 2.75) is 19.8 Å². The number of rotatable bonds is 5. The van der Waals surface area contributed by atoms with Crippen molar-refractivity contribution in [3.05, 3.63) is 52.7 Å². The van der Waals surface area contributed by atoms with Gasteiger partial charge in [0.05, 0.1) is 5.69 Å². The van der Waals surface area contributed by atoms with E-state index in [2.05, 4.69) is 16.4 Å². The number of para-hydroxylation sites is 1. The van der Waals surface area contributed by atoms with Crippen LogP contribution in [-0.2, 0) is 11.2 Å². The summed E-state index contributed by atoms with van der Waals surface area (Å²) in [6.45, 7) is 2.04. The standard InChI is InChI=1S/C16H18N2OS2/c1-2-20-16(17-13-7-4-3-5-8-13)18-15(19)11-10-14-9-6-12-21-14/h3-9,12H,2,10-11H2,1H3,(H,17,18,19). The van der Waals surface area contributed by atoms with E-state index in [4.69, 9.17) is 0 Å². The highest BCUT2D eigenvalue weighted by Gasteiger charge is 2.07. The number of carbonyl (C=O) groups excluding carboxylic acids is 1. The second kappa shape index (κ2) is 8.64. The first-order valence-corrected chi connectivity index (χ1v) is 8.73. The topological polar surface area (TPSA) is 41.5 Å². The number of benzene rings is 1. The zero-order chi connectivity index (χ0) is 14.9. The maximum absolute atomic E-state index is 12.0. The quantitative estimate of drug-likeness (QED) is 0.662. The van der Waals surface area contributed by atoms with Crippen LogP contribution in [0, 0.1) is 0 Å². The van der Waals surface area contributed by atoms with Crippen LogP contribution in [0.25, 0.3) is 0 Å². The molecule has 1 aromatic carbocycles. The average molecular weight is 318 g/mol. The predicted molar refractivity (Wildman–Crippen MR) is 92.5 cm³/mol. The summed E-state index contributed by atoms with van der Waals surface area (Å²) in [7, 11) is 0. The first-order valence-electron chi connectivity index (χ1n) is 6.86. The molecule has 1 N–H and O–H groups in total. The van der Waals surface area contributed by atoms with Crippen LogP contribution in [0.15, 0.2) is 52.8 Å². The van der Waals surface area contributed by atoms with Gasteiger partial charge in [-0.15, -0.1) is 11.3 Å². The zero-order valence-corrected chi connectivity index (χ0v) is 13.5. The second-order valence-electron chi connectivity index (χ2n) is 4.31. The molecule has 0 aliphatic heterocycles. The number of carbonyl (C=O) groups is 1. The SMILES string of the molecule is CCSC(=Nc1ccccc1)NC(=O)CCc1cccs1. The molecule has 0 fully saturated rings. The highest BCUT2D eigenvalue weighted by atomic mass is 32.2. The van der Waals surface area contributed by atoms with E-state index >= 15 is 0 Å². The smallest absolute Gasteiger partial charge is 0.226 e. The summed E-state index contributed by atoms with van der Waals surface area (Å²) >= 11 is 3.22. The molecule has 0 spiro atoms. The fourth-order valence-electron chi connectivity index (χ4n) is 1.73. The molecule has 0 radical (unpaired) electrons. The third-order valence-electron chi connectivity index (χ3n) is 2.69. The minimum absolute atomic E-state index is 0.0130. The molecule has 21 heavy (non-hydrogen) atoms. The van der Waals surface area contributed by atoms with Crippen molar-refractivity contribution in [2.75, 3.05) is 5.75 Å². The molecule has 1 amide bonds. The normalized spacial score (nSPS) is 11.4. The zero-order valence-electron chi connectivity index (χ0n) is 11.9. The van der Waals surface area contributed by atoms with Gasteiger partial charge in [-0.2, -0.15) is 0 Å². The molecule has 0 saturated heterocycles. The minimum atomic E-state index is 0.0130. The van der Waals surface area contributed by atoms with Crippen LogP contribution in [-0.4, -0.2) is 16.8 Å². The Balaban J connectivity index is 1.92. The summed E-state index contributed by atoms with van der Waals surface area (Å²) in [5.74, 6) is 0.885. The number of nitrogens with zero attached hydrogens (tertiary/aromatic N) is 1. The van der Waals surface area contributed by atoms with Gasteiger partial charge in [-0.25, -0.2) is 4.99 Å². The molecule has 1 aromatic heterocycles. The van der Waals surface area contributed by atoms with Gasteiger partial charge in [-0.1, -0.05) is 43.0 Å². The number of hydrogen-bond donors (Lipinski definition) is 1. The molecule has 0 unspecified atom stereocenters. The third kappa shape index (κ3) is 5.73. The number of amides is 1. The third-order valence-corrected chi connectivity index (χ3v) is 4.38. The Bertz CT molecular complexity index is 580. The summed E-state index contributed by atoms with van der Waals surface area (Å²) in [5, 5.41) is 5.60. The molecule has 0 bridgehead atoms. The van der Waals surface area contributed by atoms with Crippen LogP contribution < -0.4 is 5.32 Å². The van der Waals surface area contributed by atoms with E-state index in [1.807, 2.05) is 48.7 Å². The Morgan fingerprint density at radius 3 is 2.71 bits per heavy atom. The van der Waals surface area contributed by atoms with Crippen molar-refractivity contribution in [3.8, 4) is 0 Å². The molecule has 0 atom stereocenters. The predicted octanol–water partition coefficient (Wildman–Crippen LogP) is 4.24. The van der Waals surface area contributed by atoms with E-state index in [0.29, 0.717) is 11.6 Å². The van der Waals surface area contributed by atoms with Gasteiger partial charge >= 0.3 is 0 Å². The molecule has 5 heteroatoms. The number of aliphatic imine (C=N–C) groups is 1. The van der Waals surface area contributed by atoms with E-state index in [0.717, 1.165) is 17.9 Å². The van der Waals surface area contributed by atoms with Gasteiger partial charge in [0.1, 0.15) is 0 Å². The van der Waals surface area contributed by atoms with Crippen molar-refractivity contribution < 1.29 is 4.79 Å². The van der Waals surface area contributed by atoms with Crippen LogP contribution in [0.4, 0.5) is 5.69 Å². The number of hydrogen-bond acceptors (Lipinski definition) is 4. The van der Waals surface area contributed by atoms with Crippen LogP contribution in [0.2, 0.25) is 0 Å². The second-order valence-corrected chi connectivity index (χ2v) is 6.60. The fourth-order valence-corrected chi connectivity index (χ4v) is 3.06. The van der Waals surface area contributed by atoms with Gasteiger partial charge in [-0.05, 0) is 35.8 Å². The highest BCUT2D eigenvalue weighted by molar-refractivity contribution is 8.13. The molecule has 1 heterocycles. The van der Waals surface area contributed by atoms with Crippen molar-refractivity contribution in [1.29, 1.82) is 0 Å². The lowest BCUT2D eigenvalue weighted by atomic mass is 10.2. The van der Waals surface area contributed by atoms with Crippen LogP contribution >= 0.6 is 23.1 Å². The number of nitrogens with one attached hydrogen (secondary N) is 1. The van der Waals surface area contributed by atoms with Gasteiger partial charge in [-0.3, -0.25) is 4.79 Å². The molecule has 110 valence electrons. The Kier molecular flexibility index (Phi) is 6.50. The molecule has 0 aliphatic carbocycles. The summed E-state index contributed by atoms with van der Waals surface area (Å²) in [4.78, 5) is 17.7. The number of thioether (sulfide) groups is 1. The fraction of sp³-hybridized carbons (Fsp3) is 0.250. The van der Waals surface area contributed by atoms with Gasteiger partial charge < -0.3 is 5.32 Å². The lowest BCUT2D eigenvalue weighted by molar-refractivity contribution is -0.119. The first kappa shape index (κ1) is 15.8. The number of aryl methyl sites for hydroxylation is 1. The Morgan fingerprint density at radius 2 is 2.05 bits per heavy atom. The lowest BCUT2D eigenvalue weighted by Crippen LogP contribution is -2.28. The Morgan fingerprint density at radius 1 is 1.24 bits per heavy atom. The maximum atomic E-state index is 12.0. The molecule has 0 aliphatic rings. The summed E-state index contributed by atoms with van der Waals surface area (Å²) in [5.41, 5.74) is 0.854. The van der Waals surface area contributed by atoms with E-state index in [1.165, 1.54) is 4.88 Å².